The summed E-state index contributed by atoms with van der Waals surface area (Å²) in [5.41, 5.74) is 0. The molecule has 0 aliphatic carbocycles. The summed E-state index contributed by atoms with van der Waals surface area (Å²) in [6.45, 7) is 5.59. The number of anilines is 2. The maximum atomic E-state index is 11.1. The Morgan fingerprint density at radius 3 is 2.04 bits per heavy atom. The minimum Gasteiger partial charge on any atom is -0.481 e. The number of aryl methyl sites for hydroxylation is 1. The Morgan fingerprint density at radius 2 is 1.52 bits per heavy atom. The lowest BCUT2D eigenvalue weighted by molar-refractivity contribution is -0.142. The molecule has 0 radical (unpaired) electrons. The van der Waals surface area contributed by atoms with Crippen LogP contribution in [0.15, 0.2) is 6.07 Å². The number of aromatic nitrogens is 2. The lowest BCUT2D eigenvalue weighted by Gasteiger charge is -2.32. The van der Waals surface area contributed by atoms with Crippen molar-refractivity contribution in [2.45, 2.75) is 45.4 Å². The monoisotopic (exact) mass is 318 g/mol. The maximum absolute atomic E-state index is 11.1. The Bertz CT molecular complexity index is 548. The van der Waals surface area contributed by atoms with Gasteiger partial charge in [-0.15, -0.1) is 0 Å². The molecule has 0 aromatic carbocycles. The second-order valence-electron chi connectivity index (χ2n) is 6.63. The smallest absolute Gasteiger partial charge is 0.306 e. The number of aliphatic carboxylic acids is 1. The average molecular weight is 318 g/mol. The first-order chi connectivity index (χ1) is 11.1. The molecule has 0 amide bonds. The molecule has 1 N–H and O–H groups in total. The van der Waals surface area contributed by atoms with E-state index >= 15 is 0 Å². The zero-order chi connectivity index (χ0) is 16.2. The Hall–Kier alpha value is -1.85. The van der Waals surface area contributed by atoms with Crippen LogP contribution in [0.3, 0.4) is 0 Å². The van der Waals surface area contributed by atoms with E-state index in [2.05, 4.69) is 25.8 Å². The van der Waals surface area contributed by atoms with E-state index < -0.39 is 5.97 Å². The number of piperidine rings is 1. The summed E-state index contributed by atoms with van der Waals surface area (Å²) in [5.74, 6) is 1.88. The number of carboxylic acid groups (broad SMARTS) is 1. The molecule has 0 unspecified atom stereocenters. The van der Waals surface area contributed by atoms with Gasteiger partial charge in [-0.25, -0.2) is 9.97 Å². The number of hydrogen-bond donors (Lipinski definition) is 1. The SMILES string of the molecule is Cc1nc(N2CCCCCC2)cc(N2CCC(C(=O)O)CC2)n1. The van der Waals surface area contributed by atoms with Crippen molar-refractivity contribution in [2.75, 3.05) is 36.0 Å². The quantitative estimate of drug-likeness (QED) is 0.923. The highest BCUT2D eigenvalue weighted by Crippen LogP contribution is 2.26. The van der Waals surface area contributed by atoms with Crippen LogP contribution in [-0.2, 0) is 4.79 Å². The normalized spacial score (nSPS) is 20.4. The molecular weight excluding hydrogens is 292 g/mol. The molecule has 0 atom stereocenters. The Labute approximate surface area is 137 Å². The van der Waals surface area contributed by atoms with E-state index in [0.717, 1.165) is 43.6 Å². The molecule has 23 heavy (non-hydrogen) atoms. The summed E-state index contributed by atoms with van der Waals surface area (Å²) in [7, 11) is 0. The lowest BCUT2D eigenvalue weighted by atomic mass is 9.97. The van der Waals surface area contributed by atoms with Crippen LogP contribution in [-0.4, -0.2) is 47.2 Å². The summed E-state index contributed by atoms with van der Waals surface area (Å²) in [6, 6.07) is 2.08. The Kier molecular flexibility index (Phi) is 4.98. The minimum atomic E-state index is -0.672. The summed E-state index contributed by atoms with van der Waals surface area (Å²) >= 11 is 0. The van der Waals surface area contributed by atoms with Crippen molar-refractivity contribution >= 4 is 17.6 Å². The standard InChI is InChI=1S/C17H26N4O2/c1-13-18-15(20-8-4-2-3-5-9-20)12-16(19-13)21-10-6-14(7-11-21)17(22)23/h12,14H,2-11H2,1H3,(H,22,23). The van der Waals surface area contributed by atoms with Crippen LogP contribution in [0.1, 0.15) is 44.3 Å². The van der Waals surface area contributed by atoms with Gasteiger partial charge < -0.3 is 14.9 Å². The molecule has 2 fully saturated rings. The van der Waals surface area contributed by atoms with Crippen molar-refractivity contribution < 1.29 is 9.90 Å². The van der Waals surface area contributed by atoms with Crippen LogP contribution in [0.25, 0.3) is 0 Å². The van der Waals surface area contributed by atoms with Crippen LogP contribution in [0, 0.1) is 12.8 Å². The Balaban J connectivity index is 1.74. The zero-order valence-electron chi connectivity index (χ0n) is 13.9. The Morgan fingerprint density at radius 1 is 1.00 bits per heavy atom. The number of carboxylic acids is 1. The van der Waals surface area contributed by atoms with E-state index in [1.165, 1.54) is 25.7 Å². The average Bonchev–Trinajstić information content (AvgIpc) is 2.83. The van der Waals surface area contributed by atoms with Crippen molar-refractivity contribution in [2.24, 2.45) is 5.92 Å². The first-order valence-electron chi connectivity index (χ1n) is 8.72. The van der Waals surface area contributed by atoms with E-state index in [4.69, 9.17) is 5.11 Å². The molecule has 3 rings (SSSR count). The lowest BCUT2D eigenvalue weighted by Crippen LogP contribution is -2.37. The van der Waals surface area contributed by atoms with Crippen molar-refractivity contribution in [3.05, 3.63) is 11.9 Å². The van der Waals surface area contributed by atoms with Gasteiger partial charge in [0.05, 0.1) is 5.92 Å². The summed E-state index contributed by atoms with van der Waals surface area (Å²) in [5, 5.41) is 9.13. The largest absolute Gasteiger partial charge is 0.481 e. The van der Waals surface area contributed by atoms with E-state index in [1.54, 1.807) is 0 Å². The molecule has 0 saturated carbocycles. The highest BCUT2D eigenvalue weighted by molar-refractivity contribution is 5.70. The van der Waals surface area contributed by atoms with Crippen LogP contribution in [0.4, 0.5) is 11.6 Å². The molecule has 1 aromatic rings. The topological polar surface area (TPSA) is 69.6 Å². The minimum absolute atomic E-state index is 0.209. The predicted molar refractivity (Wildman–Crippen MR) is 90.0 cm³/mol. The van der Waals surface area contributed by atoms with E-state index in [0.29, 0.717) is 12.8 Å². The van der Waals surface area contributed by atoms with Gasteiger partial charge in [0.25, 0.3) is 0 Å². The van der Waals surface area contributed by atoms with Crippen LogP contribution in [0.2, 0.25) is 0 Å². The molecule has 2 aliphatic heterocycles. The van der Waals surface area contributed by atoms with Gasteiger partial charge in [0.2, 0.25) is 0 Å². The fourth-order valence-electron chi connectivity index (χ4n) is 3.52. The number of rotatable bonds is 3. The molecule has 126 valence electrons. The van der Waals surface area contributed by atoms with E-state index in [1.807, 2.05) is 6.92 Å². The van der Waals surface area contributed by atoms with Crippen LogP contribution < -0.4 is 9.80 Å². The van der Waals surface area contributed by atoms with Crippen molar-refractivity contribution in [3.8, 4) is 0 Å². The highest BCUT2D eigenvalue weighted by Gasteiger charge is 2.25. The third-order valence-corrected chi connectivity index (χ3v) is 4.91. The molecule has 0 bridgehead atoms. The molecule has 1 aromatic heterocycles. The second-order valence-corrected chi connectivity index (χ2v) is 6.63. The van der Waals surface area contributed by atoms with Gasteiger partial charge in [-0.05, 0) is 32.6 Å². The van der Waals surface area contributed by atoms with E-state index in [9.17, 15) is 4.79 Å². The van der Waals surface area contributed by atoms with Gasteiger partial charge in [0.1, 0.15) is 17.5 Å². The summed E-state index contributed by atoms with van der Waals surface area (Å²) < 4.78 is 0. The summed E-state index contributed by atoms with van der Waals surface area (Å²) in [6.07, 6.45) is 6.44. The van der Waals surface area contributed by atoms with Gasteiger partial charge in [0.15, 0.2) is 0 Å². The van der Waals surface area contributed by atoms with E-state index in [-0.39, 0.29) is 5.92 Å². The first-order valence-corrected chi connectivity index (χ1v) is 8.72. The van der Waals surface area contributed by atoms with Gasteiger partial charge in [-0.1, -0.05) is 12.8 Å². The molecule has 6 heteroatoms. The zero-order valence-corrected chi connectivity index (χ0v) is 13.9. The predicted octanol–water partition coefficient (Wildman–Crippen LogP) is 2.47. The molecule has 0 spiro atoms. The number of carbonyl (C=O) groups is 1. The van der Waals surface area contributed by atoms with Crippen molar-refractivity contribution in [1.82, 2.24) is 9.97 Å². The van der Waals surface area contributed by atoms with Crippen molar-refractivity contribution in [3.63, 3.8) is 0 Å². The molecular formula is C17H26N4O2. The van der Waals surface area contributed by atoms with Gasteiger partial charge >= 0.3 is 5.97 Å². The van der Waals surface area contributed by atoms with Gasteiger partial charge in [-0.2, -0.15) is 0 Å². The number of hydrogen-bond acceptors (Lipinski definition) is 5. The summed E-state index contributed by atoms with van der Waals surface area (Å²) in [4.78, 5) is 24.9. The van der Waals surface area contributed by atoms with Gasteiger partial charge in [-0.3, -0.25) is 4.79 Å². The second kappa shape index (κ2) is 7.15. The van der Waals surface area contributed by atoms with Gasteiger partial charge in [0, 0.05) is 32.2 Å². The molecule has 6 nitrogen and oxygen atoms in total. The molecule has 3 heterocycles. The fourth-order valence-corrected chi connectivity index (χ4v) is 3.52. The number of nitrogens with zero attached hydrogens (tertiary/aromatic N) is 4. The molecule has 2 aliphatic rings. The fraction of sp³-hybridized carbons (Fsp3) is 0.706. The maximum Gasteiger partial charge on any atom is 0.306 e. The highest BCUT2D eigenvalue weighted by atomic mass is 16.4. The van der Waals surface area contributed by atoms with Crippen molar-refractivity contribution in [1.29, 1.82) is 0 Å². The molecule has 2 saturated heterocycles. The van der Waals surface area contributed by atoms with Crippen LogP contribution in [0.5, 0.6) is 0 Å². The first kappa shape index (κ1) is 16.0. The van der Waals surface area contributed by atoms with Crippen LogP contribution >= 0.6 is 0 Å². The third kappa shape index (κ3) is 3.92. The third-order valence-electron chi connectivity index (χ3n) is 4.91.